The van der Waals surface area contributed by atoms with Crippen molar-refractivity contribution in [2.45, 2.75) is 33.6 Å². The van der Waals surface area contributed by atoms with Crippen LogP contribution in [0.15, 0.2) is 16.6 Å². The van der Waals surface area contributed by atoms with Crippen LogP contribution in [0.2, 0.25) is 0 Å². The number of ketones is 1. The van der Waals surface area contributed by atoms with Crippen LogP contribution in [0, 0.1) is 6.92 Å². The van der Waals surface area contributed by atoms with E-state index in [1.165, 1.54) is 7.05 Å². The molecule has 0 heterocycles. The van der Waals surface area contributed by atoms with Gasteiger partial charge in [0.05, 0.1) is 12.4 Å². The largest absolute Gasteiger partial charge is 0.315 e. The van der Waals surface area contributed by atoms with E-state index in [2.05, 4.69) is 16.9 Å². The molecule has 0 unspecified atom stereocenters. The first-order chi connectivity index (χ1) is 8.96. The standard InChI is InChI=1S/C14H18N2O2S/c1-5-10-7-9(3)8-11(6-2)12(10)13(17)14(18)16(4)15-19/h7-8H,5-6H2,1-4H3. The predicted octanol–water partition coefficient (Wildman–Crippen LogP) is 2.41. The molecule has 0 aliphatic carbocycles. The average Bonchev–Trinajstić information content (AvgIpc) is 2.43. The maximum absolute atomic E-state index is 12.3. The molecule has 0 bridgehead atoms. The van der Waals surface area contributed by atoms with Crippen LogP contribution >= 0.6 is 0 Å². The quantitative estimate of drug-likeness (QED) is 0.472. The van der Waals surface area contributed by atoms with Gasteiger partial charge in [-0.25, -0.2) is 5.01 Å². The van der Waals surface area contributed by atoms with E-state index in [9.17, 15) is 9.59 Å². The number of amides is 1. The molecule has 0 saturated carbocycles. The summed E-state index contributed by atoms with van der Waals surface area (Å²) in [5, 5.41) is 0.899. The lowest BCUT2D eigenvalue weighted by Gasteiger charge is -2.15. The highest BCUT2D eigenvalue weighted by atomic mass is 32.1. The third-order valence-electron chi connectivity index (χ3n) is 3.05. The molecule has 1 aromatic carbocycles. The summed E-state index contributed by atoms with van der Waals surface area (Å²) in [4.78, 5) is 24.2. The number of aryl methyl sites for hydroxylation is 3. The highest BCUT2D eigenvalue weighted by Crippen LogP contribution is 2.20. The minimum Gasteiger partial charge on any atom is -0.283 e. The van der Waals surface area contributed by atoms with Crippen LogP contribution in [0.25, 0.3) is 0 Å². The van der Waals surface area contributed by atoms with E-state index in [1.807, 2.05) is 32.9 Å². The molecule has 4 nitrogen and oxygen atoms in total. The molecule has 19 heavy (non-hydrogen) atoms. The summed E-state index contributed by atoms with van der Waals surface area (Å²) in [6.07, 6.45) is 1.41. The van der Waals surface area contributed by atoms with Crippen LogP contribution < -0.4 is 0 Å². The van der Waals surface area contributed by atoms with Crippen molar-refractivity contribution in [3.8, 4) is 0 Å². The zero-order chi connectivity index (χ0) is 14.6. The Morgan fingerprint density at radius 1 is 1.21 bits per heavy atom. The minimum absolute atomic E-state index is 0.506. The van der Waals surface area contributed by atoms with Crippen LogP contribution in [-0.4, -0.2) is 23.7 Å². The van der Waals surface area contributed by atoms with Crippen LogP contribution in [0.1, 0.15) is 40.9 Å². The zero-order valence-electron chi connectivity index (χ0n) is 11.7. The Bertz CT molecular complexity index is 501. The number of Topliss-reactive ketones (excluding diaryl/α,β-unsaturated/α-hetero) is 1. The predicted molar refractivity (Wildman–Crippen MR) is 76.8 cm³/mol. The summed E-state index contributed by atoms with van der Waals surface area (Å²) in [6.45, 7) is 5.92. The normalized spacial score (nSPS) is 10.1. The van der Waals surface area contributed by atoms with E-state index in [-0.39, 0.29) is 0 Å². The van der Waals surface area contributed by atoms with Gasteiger partial charge in [-0.2, -0.15) is 0 Å². The molecule has 5 heteroatoms. The van der Waals surface area contributed by atoms with E-state index in [0.717, 1.165) is 21.7 Å². The highest BCUT2D eigenvalue weighted by Gasteiger charge is 2.25. The molecule has 0 aliphatic rings. The van der Waals surface area contributed by atoms with E-state index < -0.39 is 11.7 Å². The number of hydrogen-bond donors (Lipinski definition) is 0. The molecule has 0 atom stereocenters. The minimum atomic E-state index is -0.691. The fourth-order valence-corrected chi connectivity index (χ4v) is 2.16. The molecule has 1 amide bonds. The molecule has 0 N–H and O–H groups in total. The third-order valence-corrected chi connectivity index (χ3v) is 3.29. The van der Waals surface area contributed by atoms with Gasteiger partial charge in [0.2, 0.25) is 0 Å². The van der Waals surface area contributed by atoms with Gasteiger partial charge in [-0.1, -0.05) is 36.0 Å². The molecule has 0 radical (unpaired) electrons. The van der Waals surface area contributed by atoms with Gasteiger partial charge >= 0.3 is 5.91 Å². The molecule has 102 valence electrons. The molecule has 0 aliphatic heterocycles. The summed E-state index contributed by atoms with van der Waals surface area (Å²) in [5.74, 6) is -1.23. The Balaban J connectivity index is 3.36. The van der Waals surface area contributed by atoms with E-state index in [0.29, 0.717) is 18.4 Å². The van der Waals surface area contributed by atoms with E-state index in [1.54, 1.807) is 0 Å². The van der Waals surface area contributed by atoms with Crippen molar-refractivity contribution < 1.29 is 9.59 Å². The first kappa shape index (κ1) is 15.4. The summed E-state index contributed by atoms with van der Waals surface area (Å²) >= 11 is 4.44. The van der Waals surface area contributed by atoms with Gasteiger partial charge < -0.3 is 0 Å². The second kappa shape index (κ2) is 6.52. The van der Waals surface area contributed by atoms with Gasteiger partial charge in [0.15, 0.2) is 0 Å². The lowest BCUT2D eigenvalue weighted by atomic mass is 9.92. The summed E-state index contributed by atoms with van der Waals surface area (Å²) in [7, 11) is 1.39. The number of hydrogen-bond acceptors (Lipinski definition) is 4. The molecule has 0 aromatic heterocycles. The van der Waals surface area contributed by atoms with Crippen molar-refractivity contribution in [2.24, 2.45) is 4.47 Å². The first-order valence-corrected chi connectivity index (χ1v) is 6.60. The fourth-order valence-electron chi connectivity index (χ4n) is 2.08. The monoisotopic (exact) mass is 278 g/mol. The Morgan fingerprint density at radius 2 is 1.68 bits per heavy atom. The maximum atomic E-state index is 12.3. The Hall–Kier alpha value is -1.62. The van der Waals surface area contributed by atoms with Gasteiger partial charge in [-0.05, 0) is 30.9 Å². The lowest BCUT2D eigenvalue weighted by Crippen LogP contribution is -2.30. The van der Waals surface area contributed by atoms with E-state index in [4.69, 9.17) is 0 Å². The molecule has 1 rings (SSSR count). The summed E-state index contributed by atoms with van der Waals surface area (Å²) in [5.41, 5.74) is 3.39. The number of carbonyl (C=O) groups is 2. The molecular weight excluding hydrogens is 260 g/mol. The third kappa shape index (κ3) is 3.23. The van der Waals surface area contributed by atoms with Crippen molar-refractivity contribution in [2.75, 3.05) is 7.05 Å². The average molecular weight is 278 g/mol. The van der Waals surface area contributed by atoms with Gasteiger partial charge in [0, 0.05) is 12.6 Å². The van der Waals surface area contributed by atoms with Gasteiger partial charge in [-0.3, -0.25) is 9.59 Å². The van der Waals surface area contributed by atoms with Gasteiger partial charge in [-0.15, -0.1) is 0 Å². The van der Waals surface area contributed by atoms with Crippen molar-refractivity contribution in [3.63, 3.8) is 0 Å². The summed E-state index contributed by atoms with van der Waals surface area (Å²) in [6, 6.07) is 3.90. The first-order valence-electron chi connectivity index (χ1n) is 6.24. The van der Waals surface area contributed by atoms with Crippen molar-refractivity contribution in [1.82, 2.24) is 5.01 Å². The smallest absolute Gasteiger partial charge is 0.283 e. The molecule has 0 spiro atoms. The second-order valence-electron chi connectivity index (χ2n) is 4.40. The zero-order valence-corrected chi connectivity index (χ0v) is 12.5. The van der Waals surface area contributed by atoms with Crippen molar-refractivity contribution >= 4 is 24.1 Å². The van der Waals surface area contributed by atoms with Crippen LogP contribution in [0.3, 0.4) is 0 Å². The van der Waals surface area contributed by atoms with Crippen LogP contribution in [0.5, 0.6) is 0 Å². The van der Waals surface area contributed by atoms with Crippen molar-refractivity contribution in [3.05, 3.63) is 34.4 Å². The number of rotatable bonds is 5. The van der Waals surface area contributed by atoms with Gasteiger partial charge in [0.25, 0.3) is 5.78 Å². The number of likely N-dealkylation sites (N-methyl/N-ethyl adjacent to an activating group) is 1. The molecular formula is C14H18N2O2S. The number of carbonyl (C=O) groups excluding carboxylic acids is 2. The van der Waals surface area contributed by atoms with Gasteiger partial charge in [0.1, 0.15) is 0 Å². The van der Waals surface area contributed by atoms with Crippen LogP contribution in [-0.2, 0) is 30.1 Å². The lowest BCUT2D eigenvalue weighted by molar-refractivity contribution is -0.125. The number of benzene rings is 1. The Morgan fingerprint density at radius 3 is 2.05 bits per heavy atom. The molecule has 0 saturated heterocycles. The number of nitrogens with zero attached hydrogens (tertiary/aromatic N) is 2. The fraction of sp³-hybridized carbons (Fsp3) is 0.429. The second-order valence-corrected chi connectivity index (χ2v) is 4.57. The maximum Gasteiger partial charge on any atom is 0.315 e. The summed E-state index contributed by atoms with van der Waals surface area (Å²) < 4.78 is 3.31. The van der Waals surface area contributed by atoms with Crippen LogP contribution in [0.4, 0.5) is 0 Å². The topological polar surface area (TPSA) is 49.7 Å². The van der Waals surface area contributed by atoms with E-state index >= 15 is 0 Å². The Kier molecular flexibility index (Phi) is 5.30. The molecule has 0 fully saturated rings. The highest BCUT2D eigenvalue weighted by molar-refractivity contribution is 7.47. The molecule has 1 aromatic rings. The van der Waals surface area contributed by atoms with Crippen molar-refractivity contribution in [1.29, 1.82) is 0 Å². The Labute approximate surface area is 118 Å². The SMILES string of the molecule is CCc1cc(C)cc(CC)c1C(=O)C(=O)N(C)N=S.